The summed E-state index contributed by atoms with van der Waals surface area (Å²) in [5.41, 5.74) is 6.30. The summed E-state index contributed by atoms with van der Waals surface area (Å²) in [6.45, 7) is 5.51. The Labute approximate surface area is 96.5 Å². The van der Waals surface area contributed by atoms with E-state index in [9.17, 15) is 9.59 Å². The molecule has 1 heterocycles. The zero-order valence-electron chi connectivity index (χ0n) is 10.0. The van der Waals surface area contributed by atoms with Gasteiger partial charge >= 0.3 is 0 Å². The van der Waals surface area contributed by atoms with Gasteiger partial charge in [-0.2, -0.15) is 0 Å². The van der Waals surface area contributed by atoms with Crippen molar-refractivity contribution in [2.75, 3.05) is 13.1 Å². The number of hydrogen-bond donors (Lipinski definition) is 1. The molecule has 0 bridgehead atoms. The quantitative estimate of drug-likeness (QED) is 0.710. The minimum Gasteiger partial charge on any atom is -0.370 e. The van der Waals surface area contributed by atoms with Crippen molar-refractivity contribution in [3.8, 4) is 0 Å². The fourth-order valence-electron chi connectivity index (χ4n) is 2.05. The Bertz CT molecular complexity index is 306. The summed E-state index contributed by atoms with van der Waals surface area (Å²) in [6.07, 6.45) is 3.77. The van der Waals surface area contributed by atoms with Crippen LogP contribution in [0.3, 0.4) is 0 Å². The van der Waals surface area contributed by atoms with E-state index < -0.39 is 0 Å². The van der Waals surface area contributed by atoms with E-state index in [2.05, 4.69) is 6.08 Å². The van der Waals surface area contributed by atoms with E-state index in [4.69, 9.17) is 5.73 Å². The van der Waals surface area contributed by atoms with Crippen molar-refractivity contribution in [1.29, 1.82) is 0 Å². The second-order valence-corrected chi connectivity index (χ2v) is 4.62. The van der Waals surface area contributed by atoms with Crippen molar-refractivity contribution in [3.05, 3.63) is 11.6 Å². The maximum absolute atomic E-state index is 11.6. The largest absolute Gasteiger partial charge is 0.370 e. The number of nitrogens with zero attached hydrogens (tertiary/aromatic N) is 1. The summed E-state index contributed by atoms with van der Waals surface area (Å²) in [5.74, 6) is 0.227. The van der Waals surface area contributed by atoms with Crippen LogP contribution in [0.1, 0.15) is 33.1 Å². The molecule has 16 heavy (non-hydrogen) atoms. The molecule has 0 aromatic carbocycles. The third kappa shape index (κ3) is 4.04. The molecular formula is C12H20N2O2. The molecule has 1 atom stereocenters. The Kier molecular flexibility index (Phi) is 4.52. The van der Waals surface area contributed by atoms with E-state index in [0.717, 1.165) is 6.54 Å². The Hall–Kier alpha value is -1.32. The lowest BCUT2D eigenvalue weighted by molar-refractivity contribution is -0.128. The number of amides is 2. The molecule has 2 N–H and O–H groups in total. The monoisotopic (exact) mass is 224 g/mol. The third-order valence-corrected chi connectivity index (χ3v) is 2.66. The van der Waals surface area contributed by atoms with E-state index in [1.54, 1.807) is 0 Å². The molecule has 0 spiro atoms. The molecule has 2 amide bonds. The summed E-state index contributed by atoms with van der Waals surface area (Å²) in [5, 5.41) is 0. The van der Waals surface area contributed by atoms with E-state index in [1.807, 2.05) is 18.7 Å². The minimum absolute atomic E-state index is 0.187. The average molecular weight is 224 g/mol. The van der Waals surface area contributed by atoms with Crippen molar-refractivity contribution >= 4 is 11.8 Å². The van der Waals surface area contributed by atoms with Crippen molar-refractivity contribution in [1.82, 2.24) is 4.90 Å². The van der Waals surface area contributed by atoms with Gasteiger partial charge in [0.05, 0.1) is 0 Å². The molecule has 90 valence electrons. The first kappa shape index (κ1) is 12.7. The van der Waals surface area contributed by atoms with Gasteiger partial charge in [0.15, 0.2) is 0 Å². The first-order chi connectivity index (χ1) is 7.49. The Morgan fingerprint density at radius 2 is 2.25 bits per heavy atom. The maximum Gasteiger partial charge on any atom is 0.223 e. The highest BCUT2D eigenvalue weighted by Gasteiger charge is 2.27. The number of allylic oxidation sites excluding steroid dienone is 1. The second kappa shape index (κ2) is 5.68. The normalized spacial score (nSPS) is 20.0. The van der Waals surface area contributed by atoms with Crippen LogP contribution >= 0.6 is 0 Å². The fourth-order valence-corrected chi connectivity index (χ4v) is 2.05. The number of carbonyl (C=O) groups excluding carboxylic acids is 2. The van der Waals surface area contributed by atoms with Gasteiger partial charge in [-0.15, -0.1) is 0 Å². The molecule has 0 aromatic heterocycles. The van der Waals surface area contributed by atoms with Crippen LogP contribution in [0.5, 0.6) is 0 Å². The first-order valence-electron chi connectivity index (χ1n) is 5.70. The molecule has 1 saturated heterocycles. The van der Waals surface area contributed by atoms with Gasteiger partial charge in [-0.25, -0.2) is 0 Å². The summed E-state index contributed by atoms with van der Waals surface area (Å²) in [6, 6.07) is 0. The van der Waals surface area contributed by atoms with Crippen LogP contribution in [-0.2, 0) is 9.59 Å². The first-order valence-corrected chi connectivity index (χ1v) is 5.70. The Morgan fingerprint density at radius 3 is 2.81 bits per heavy atom. The average Bonchev–Trinajstić information content (AvgIpc) is 2.45. The lowest BCUT2D eigenvalue weighted by Gasteiger charge is -2.15. The van der Waals surface area contributed by atoms with Crippen LogP contribution in [0.2, 0.25) is 0 Å². The highest BCUT2D eigenvalue weighted by atomic mass is 16.2. The van der Waals surface area contributed by atoms with Crippen molar-refractivity contribution in [2.45, 2.75) is 33.1 Å². The Balaban J connectivity index is 2.37. The molecule has 4 heteroatoms. The van der Waals surface area contributed by atoms with Crippen LogP contribution in [0.15, 0.2) is 11.6 Å². The number of hydrogen-bond acceptors (Lipinski definition) is 2. The number of likely N-dealkylation sites (tertiary alicyclic amines) is 1. The van der Waals surface area contributed by atoms with Gasteiger partial charge in [-0.3, -0.25) is 9.59 Å². The molecule has 0 saturated carbocycles. The highest BCUT2D eigenvalue weighted by Crippen LogP contribution is 2.20. The molecule has 0 aliphatic carbocycles. The van der Waals surface area contributed by atoms with Crippen molar-refractivity contribution < 1.29 is 9.59 Å². The van der Waals surface area contributed by atoms with Crippen LogP contribution in [0.4, 0.5) is 0 Å². The summed E-state index contributed by atoms with van der Waals surface area (Å²) >= 11 is 0. The molecule has 1 rings (SSSR count). The molecule has 1 unspecified atom stereocenters. The van der Waals surface area contributed by atoms with Crippen molar-refractivity contribution in [3.63, 3.8) is 0 Å². The molecule has 1 aliphatic heterocycles. The molecular weight excluding hydrogens is 204 g/mol. The number of rotatable bonds is 5. The molecule has 4 nitrogen and oxygen atoms in total. The molecule has 1 aliphatic rings. The lowest BCUT2D eigenvalue weighted by atomic mass is 10.1. The molecule has 1 fully saturated rings. The zero-order chi connectivity index (χ0) is 12.1. The predicted octanol–water partition coefficient (Wildman–Crippen LogP) is 1.07. The Morgan fingerprint density at radius 1 is 1.56 bits per heavy atom. The number of primary amides is 1. The van der Waals surface area contributed by atoms with E-state index >= 15 is 0 Å². The smallest absolute Gasteiger partial charge is 0.223 e. The summed E-state index contributed by atoms with van der Waals surface area (Å²) in [4.78, 5) is 24.0. The topological polar surface area (TPSA) is 63.4 Å². The second-order valence-electron chi connectivity index (χ2n) is 4.62. The van der Waals surface area contributed by atoms with Gasteiger partial charge < -0.3 is 10.6 Å². The van der Waals surface area contributed by atoms with Gasteiger partial charge in [0.1, 0.15) is 0 Å². The van der Waals surface area contributed by atoms with E-state index in [0.29, 0.717) is 31.7 Å². The summed E-state index contributed by atoms with van der Waals surface area (Å²) < 4.78 is 0. The maximum atomic E-state index is 11.6. The van der Waals surface area contributed by atoms with Crippen LogP contribution in [0, 0.1) is 5.92 Å². The summed E-state index contributed by atoms with van der Waals surface area (Å²) in [7, 11) is 0. The van der Waals surface area contributed by atoms with Crippen LogP contribution in [-0.4, -0.2) is 29.8 Å². The third-order valence-electron chi connectivity index (χ3n) is 2.66. The fraction of sp³-hybridized carbons (Fsp3) is 0.667. The van der Waals surface area contributed by atoms with Gasteiger partial charge in [-0.1, -0.05) is 11.6 Å². The van der Waals surface area contributed by atoms with Crippen molar-refractivity contribution in [2.24, 2.45) is 11.7 Å². The van der Waals surface area contributed by atoms with E-state index in [-0.39, 0.29) is 11.8 Å². The molecule has 0 aromatic rings. The predicted molar refractivity (Wildman–Crippen MR) is 62.5 cm³/mol. The van der Waals surface area contributed by atoms with Crippen LogP contribution < -0.4 is 5.73 Å². The highest BCUT2D eigenvalue weighted by molar-refractivity contribution is 5.79. The number of carbonyl (C=O) groups is 2. The standard InChI is InChI=1S/C12H20N2O2/c1-9(2)6-10-7-12(16)14(8-10)5-3-4-11(13)15/h6,10H,3-5,7-8H2,1-2H3,(H2,13,15). The van der Waals surface area contributed by atoms with Crippen LogP contribution in [0.25, 0.3) is 0 Å². The lowest BCUT2D eigenvalue weighted by Crippen LogP contribution is -2.27. The van der Waals surface area contributed by atoms with Gasteiger partial charge in [0.2, 0.25) is 11.8 Å². The van der Waals surface area contributed by atoms with Gasteiger partial charge in [0.25, 0.3) is 0 Å². The molecule has 0 radical (unpaired) electrons. The van der Waals surface area contributed by atoms with E-state index in [1.165, 1.54) is 5.57 Å². The van der Waals surface area contributed by atoms with Gasteiger partial charge in [-0.05, 0) is 20.3 Å². The number of nitrogens with two attached hydrogens (primary N) is 1. The minimum atomic E-state index is -0.299. The van der Waals surface area contributed by atoms with Gasteiger partial charge in [0, 0.05) is 31.8 Å². The zero-order valence-corrected chi connectivity index (χ0v) is 10.0. The SMILES string of the molecule is CC(C)=CC1CC(=O)N(CCCC(N)=O)C1.